The fourth-order valence-corrected chi connectivity index (χ4v) is 4.41. The van der Waals surface area contributed by atoms with E-state index >= 15 is 0 Å². The van der Waals surface area contributed by atoms with E-state index in [1.54, 1.807) is 6.92 Å². The number of carbonyl (C=O) groups is 1. The van der Waals surface area contributed by atoms with E-state index in [0.29, 0.717) is 11.5 Å². The molecule has 0 saturated heterocycles. The molecule has 3 aromatic rings. The predicted octanol–water partition coefficient (Wildman–Crippen LogP) is 3.76. The number of nitrogens with one attached hydrogen (secondary N) is 3. The van der Waals surface area contributed by atoms with Crippen molar-refractivity contribution in [3.63, 3.8) is 0 Å². The molecular formula is C21H23N3O5S. The minimum absolute atomic E-state index is 0.0125. The summed E-state index contributed by atoms with van der Waals surface area (Å²) in [6.07, 6.45) is 1.67. The molecule has 1 aliphatic rings. The van der Waals surface area contributed by atoms with E-state index in [9.17, 15) is 13.2 Å². The van der Waals surface area contributed by atoms with Crippen molar-refractivity contribution in [1.82, 2.24) is 10.0 Å². The number of methoxy groups -OCH3 is 1. The van der Waals surface area contributed by atoms with Crippen LogP contribution in [0, 0.1) is 0 Å². The monoisotopic (exact) mass is 429 g/mol. The van der Waals surface area contributed by atoms with Gasteiger partial charge in [0.25, 0.3) is 0 Å². The van der Waals surface area contributed by atoms with E-state index in [0.717, 1.165) is 23.8 Å². The SMILES string of the molecule is COc1ccc(S(=O)(=O)NC2CC2)cc1NC(=O)N[C@H](C)c1cc2ccccc2o1. The van der Waals surface area contributed by atoms with Crippen molar-refractivity contribution < 1.29 is 22.4 Å². The molecule has 0 spiro atoms. The number of fused-ring (bicyclic) bond motifs is 1. The highest BCUT2D eigenvalue weighted by molar-refractivity contribution is 7.89. The van der Waals surface area contributed by atoms with Crippen LogP contribution >= 0.6 is 0 Å². The first-order valence-electron chi connectivity index (χ1n) is 9.62. The highest BCUT2D eigenvalue weighted by atomic mass is 32.2. The molecule has 1 fully saturated rings. The Balaban J connectivity index is 1.49. The van der Waals surface area contributed by atoms with Crippen LogP contribution in [0.1, 0.15) is 31.6 Å². The van der Waals surface area contributed by atoms with Crippen molar-refractivity contribution >= 4 is 32.7 Å². The number of sulfonamides is 1. The third kappa shape index (κ3) is 4.42. The van der Waals surface area contributed by atoms with E-state index in [1.807, 2.05) is 30.3 Å². The summed E-state index contributed by atoms with van der Waals surface area (Å²) >= 11 is 0. The first kappa shape index (κ1) is 20.2. The maximum atomic E-state index is 12.5. The average Bonchev–Trinajstić information content (AvgIpc) is 3.40. The average molecular weight is 429 g/mol. The summed E-state index contributed by atoms with van der Waals surface area (Å²) in [6.45, 7) is 1.80. The Morgan fingerprint density at radius 3 is 2.63 bits per heavy atom. The number of anilines is 1. The molecule has 0 radical (unpaired) electrons. The fraction of sp³-hybridized carbons (Fsp3) is 0.286. The van der Waals surface area contributed by atoms with Gasteiger partial charge in [0.1, 0.15) is 17.1 Å². The Morgan fingerprint density at radius 2 is 1.93 bits per heavy atom. The summed E-state index contributed by atoms with van der Waals surface area (Å²) in [5, 5.41) is 6.41. The van der Waals surface area contributed by atoms with Gasteiger partial charge in [0.15, 0.2) is 0 Å². The lowest BCUT2D eigenvalue weighted by Gasteiger charge is -2.15. The van der Waals surface area contributed by atoms with Gasteiger partial charge in [0.2, 0.25) is 10.0 Å². The van der Waals surface area contributed by atoms with Gasteiger partial charge in [-0.2, -0.15) is 0 Å². The first-order chi connectivity index (χ1) is 14.4. The van der Waals surface area contributed by atoms with Crippen LogP contribution < -0.4 is 20.1 Å². The smallest absolute Gasteiger partial charge is 0.319 e. The molecular weight excluding hydrogens is 406 g/mol. The predicted molar refractivity (Wildman–Crippen MR) is 113 cm³/mol. The number of carbonyl (C=O) groups excluding carboxylic acids is 1. The van der Waals surface area contributed by atoms with Gasteiger partial charge in [-0.25, -0.2) is 17.9 Å². The van der Waals surface area contributed by atoms with Crippen LogP contribution in [0.5, 0.6) is 5.75 Å². The largest absolute Gasteiger partial charge is 0.495 e. The standard InChI is InChI=1S/C21H23N3O5S/c1-13(20-11-14-5-3-4-6-18(14)29-20)22-21(25)23-17-12-16(9-10-19(17)28-2)30(26,27)24-15-7-8-15/h3-6,9-13,15,24H,7-8H2,1-2H3,(H2,22,23,25)/t13-/m1/s1. The molecule has 1 saturated carbocycles. The number of ether oxygens (including phenoxy) is 1. The van der Waals surface area contributed by atoms with Gasteiger partial charge >= 0.3 is 6.03 Å². The van der Waals surface area contributed by atoms with Crippen molar-refractivity contribution in [2.24, 2.45) is 0 Å². The van der Waals surface area contributed by atoms with Crippen molar-refractivity contribution in [2.75, 3.05) is 12.4 Å². The lowest BCUT2D eigenvalue weighted by Crippen LogP contribution is -2.31. The Morgan fingerprint density at radius 1 is 1.17 bits per heavy atom. The molecule has 1 aromatic heterocycles. The van der Waals surface area contributed by atoms with Crippen LogP contribution in [-0.4, -0.2) is 27.6 Å². The molecule has 0 bridgehead atoms. The molecule has 2 amide bonds. The molecule has 30 heavy (non-hydrogen) atoms. The summed E-state index contributed by atoms with van der Waals surface area (Å²) in [5.41, 5.74) is 0.995. The summed E-state index contributed by atoms with van der Waals surface area (Å²) in [4.78, 5) is 12.6. The zero-order valence-corrected chi connectivity index (χ0v) is 17.5. The second kappa shape index (κ2) is 8.00. The number of para-hydroxylation sites is 1. The van der Waals surface area contributed by atoms with Crippen molar-refractivity contribution in [1.29, 1.82) is 0 Å². The number of rotatable bonds is 7. The lowest BCUT2D eigenvalue weighted by atomic mass is 10.2. The van der Waals surface area contributed by atoms with Gasteiger partial charge in [-0.1, -0.05) is 18.2 Å². The van der Waals surface area contributed by atoms with Gasteiger partial charge in [-0.15, -0.1) is 0 Å². The topological polar surface area (TPSA) is 110 Å². The quantitative estimate of drug-likeness (QED) is 0.530. The molecule has 2 aromatic carbocycles. The Hall–Kier alpha value is -3.04. The van der Waals surface area contributed by atoms with Crippen molar-refractivity contribution in [3.05, 3.63) is 54.3 Å². The number of benzene rings is 2. The molecule has 0 unspecified atom stereocenters. The second-order valence-electron chi connectivity index (χ2n) is 7.26. The maximum absolute atomic E-state index is 12.5. The van der Waals surface area contributed by atoms with E-state index in [2.05, 4.69) is 15.4 Å². The zero-order valence-electron chi connectivity index (χ0n) is 16.6. The van der Waals surface area contributed by atoms with E-state index in [4.69, 9.17) is 9.15 Å². The molecule has 0 aliphatic heterocycles. The van der Waals surface area contributed by atoms with Crippen LogP contribution in [0.3, 0.4) is 0 Å². The Bertz CT molecular complexity index is 1150. The second-order valence-corrected chi connectivity index (χ2v) is 8.98. The zero-order chi connectivity index (χ0) is 21.3. The maximum Gasteiger partial charge on any atom is 0.319 e. The Labute approximate surface area is 174 Å². The fourth-order valence-electron chi connectivity index (χ4n) is 3.08. The number of hydrogen-bond acceptors (Lipinski definition) is 5. The third-order valence-corrected chi connectivity index (χ3v) is 6.37. The molecule has 158 valence electrons. The van der Waals surface area contributed by atoms with Crippen molar-refractivity contribution in [2.45, 2.75) is 36.7 Å². The van der Waals surface area contributed by atoms with Crippen LogP contribution in [-0.2, 0) is 10.0 Å². The van der Waals surface area contributed by atoms with E-state index in [1.165, 1.54) is 25.3 Å². The Kier molecular flexibility index (Phi) is 5.40. The molecule has 1 heterocycles. The van der Waals surface area contributed by atoms with Crippen molar-refractivity contribution in [3.8, 4) is 5.75 Å². The first-order valence-corrected chi connectivity index (χ1v) is 11.1. The van der Waals surface area contributed by atoms with Crippen LogP contribution in [0.2, 0.25) is 0 Å². The molecule has 8 nitrogen and oxygen atoms in total. The summed E-state index contributed by atoms with van der Waals surface area (Å²) in [6, 6.07) is 12.9. The number of furan rings is 1. The minimum atomic E-state index is -3.65. The highest BCUT2D eigenvalue weighted by Gasteiger charge is 2.28. The van der Waals surface area contributed by atoms with Gasteiger partial charge in [-0.05, 0) is 50.1 Å². The van der Waals surface area contributed by atoms with Gasteiger partial charge in [0, 0.05) is 11.4 Å². The van der Waals surface area contributed by atoms with E-state index < -0.39 is 22.1 Å². The normalized spacial score (nSPS) is 15.0. The number of hydrogen-bond donors (Lipinski definition) is 3. The van der Waals surface area contributed by atoms with Gasteiger partial charge in [0.05, 0.1) is 23.7 Å². The lowest BCUT2D eigenvalue weighted by molar-refractivity contribution is 0.247. The van der Waals surface area contributed by atoms with E-state index in [-0.39, 0.29) is 16.6 Å². The third-order valence-electron chi connectivity index (χ3n) is 4.85. The number of amides is 2. The molecule has 1 atom stereocenters. The summed E-state index contributed by atoms with van der Waals surface area (Å²) in [5.74, 6) is 0.968. The minimum Gasteiger partial charge on any atom is -0.495 e. The van der Waals surface area contributed by atoms with Gasteiger partial charge in [-0.3, -0.25) is 0 Å². The van der Waals surface area contributed by atoms with Gasteiger partial charge < -0.3 is 19.8 Å². The molecule has 3 N–H and O–H groups in total. The molecule has 4 rings (SSSR count). The highest BCUT2D eigenvalue weighted by Crippen LogP contribution is 2.29. The molecule has 9 heteroatoms. The number of urea groups is 1. The van der Waals surface area contributed by atoms with Crippen LogP contribution in [0.15, 0.2) is 57.8 Å². The summed E-state index contributed by atoms with van der Waals surface area (Å²) in [7, 11) is -2.20. The van der Waals surface area contributed by atoms with Crippen LogP contribution in [0.4, 0.5) is 10.5 Å². The van der Waals surface area contributed by atoms with Crippen LogP contribution in [0.25, 0.3) is 11.0 Å². The molecule has 1 aliphatic carbocycles. The summed E-state index contributed by atoms with van der Waals surface area (Å²) < 4.78 is 38.6.